The average molecular weight is 537 g/mol. The lowest BCUT2D eigenvalue weighted by Gasteiger charge is -2.17. The molecule has 14 heteroatoms. The fourth-order valence-corrected chi connectivity index (χ4v) is 4.70. The third-order valence-electron chi connectivity index (χ3n) is 5.95. The average Bonchev–Trinajstić information content (AvgIpc) is 3.43. The third-order valence-corrected chi connectivity index (χ3v) is 6.47. The Morgan fingerprint density at radius 1 is 1.27 bits per heavy atom. The van der Waals surface area contributed by atoms with Crippen LogP contribution in [0.1, 0.15) is 34.5 Å². The zero-order valence-corrected chi connectivity index (χ0v) is 20.1. The van der Waals surface area contributed by atoms with E-state index in [9.17, 15) is 31.7 Å². The lowest BCUT2D eigenvalue weighted by molar-refractivity contribution is -0.0498. The smallest absolute Gasteiger partial charge is 0.387 e. The number of nitrogens with zero attached hydrogens (tertiary/aromatic N) is 3. The highest BCUT2D eigenvalue weighted by molar-refractivity contribution is 7.83. The number of pyridine rings is 1. The number of aliphatic hydroxyl groups excluding tert-OH is 1. The minimum absolute atomic E-state index is 0.0201. The van der Waals surface area contributed by atoms with E-state index in [2.05, 4.69) is 20.1 Å². The van der Waals surface area contributed by atoms with Crippen LogP contribution in [0.25, 0.3) is 0 Å². The van der Waals surface area contributed by atoms with Gasteiger partial charge in [-0.05, 0) is 42.7 Å². The van der Waals surface area contributed by atoms with Crippen molar-refractivity contribution in [2.45, 2.75) is 38.1 Å². The molecule has 3 atom stereocenters. The van der Waals surface area contributed by atoms with Crippen LogP contribution in [0.15, 0.2) is 55.0 Å². The summed E-state index contributed by atoms with van der Waals surface area (Å²) in [6.07, 6.45) is 4.33. The van der Waals surface area contributed by atoms with Crippen molar-refractivity contribution < 1.29 is 36.4 Å². The largest absolute Gasteiger partial charge is 0.735 e. The van der Waals surface area contributed by atoms with E-state index in [-0.39, 0.29) is 36.1 Å². The molecule has 0 aliphatic heterocycles. The van der Waals surface area contributed by atoms with Crippen molar-refractivity contribution in [3.05, 3.63) is 71.8 Å². The number of aliphatic hydroxyl groups is 1. The van der Waals surface area contributed by atoms with Gasteiger partial charge in [0.2, 0.25) is 5.78 Å². The fourth-order valence-electron chi connectivity index (χ4n) is 4.29. The second-order valence-corrected chi connectivity index (χ2v) is 9.81. The van der Waals surface area contributed by atoms with Crippen molar-refractivity contribution in [3.8, 4) is 5.75 Å². The first-order chi connectivity index (χ1) is 17.6. The molecule has 0 radical (unpaired) electrons. The van der Waals surface area contributed by atoms with Crippen LogP contribution in [-0.4, -0.2) is 63.9 Å². The van der Waals surface area contributed by atoms with Gasteiger partial charge in [0, 0.05) is 42.8 Å². The molecule has 3 aromatic rings. The van der Waals surface area contributed by atoms with Crippen LogP contribution in [-0.2, 0) is 16.8 Å². The van der Waals surface area contributed by atoms with E-state index in [0.717, 1.165) is 0 Å². The molecule has 0 saturated heterocycles. The van der Waals surface area contributed by atoms with Gasteiger partial charge in [-0.25, -0.2) is 13.1 Å². The molecular formula is C23H24F2N5O6S-. The van der Waals surface area contributed by atoms with Gasteiger partial charge in [-0.2, -0.15) is 13.9 Å². The predicted molar refractivity (Wildman–Crippen MR) is 126 cm³/mol. The number of ketones is 1. The van der Waals surface area contributed by atoms with E-state index in [1.165, 1.54) is 35.3 Å². The molecule has 0 spiro atoms. The maximum Gasteiger partial charge on any atom is 0.387 e. The number of carbonyl (C=O) groups is 1. The van der Waals surface area contributed by atoms with Crippen molar-refractivity contribution in [2.75, 3.05) is 11.9 Å². The van der Waals surface area contributed by atoms with Crippen molar-refractivity contribution in [1.82, 2.24) is 19.5 Å². The van der Waals surface area contributed by atoms with Crippen LogP contribution in [0.4, 0.5) is 14.5 Å². The van der Waals surface area contributed by atoms with Gasteiger partial charge in [-0.1, -0.05) is 12.1 Å². The number of rotatable bonds is 11. The number of benzene rings is 1. The van der Waals surface area contributed by atoms with Crippen LogP contribution < -0.4 is 14.8 Å². The summed E-state index contributed by atoms with van der Waals surface area (Å²) in [5, 5.41) is 17.8. The van der Waals surface area contributed by atoms with Crippen molar-refractivity contribution >= 4 is 21.8 Å². The number of halogens is 2. The minimum Gasteiger partial charge on any atom is -0.735 e. The summed E-state index contributed by atoms with van der Waals surface area (Å²) in [6.45, 7) is -2.89. The summed E-state index contributed by atoms with van der Waals surface area (Å²) in [6, 6.07) is 9.04. The quantitative estimate of drug-likeness (QED) is 0.245. The molecule has 2 aromatic heterocycles. The molecule has 0 amide bonds. The molecule has 3 N–H and O–H groups in total. The number of alkyl halides is 2. The van der Waals surface area contributed by atoms with E-state index in [1.54, 1.807) is 24.4 Å². The number of hydrogen-bond donors (Lipinski definition) is 3. The monoisotopic (exact) mass is 536 g/mol. The van der Waals surface area contributed by atoms with Gasteiger partial charge in [0.05, 0.1) is 18.2 Å². The number of ether oxygens (including phenoxy) is 1. The van der Waals surface area contributed by atoms with Gasteiger partial charge in [-0.15, -0.1) is 0 Å². The molecule has 2 heterocycles. The maximum absolute atomic E-state index is 13.2. The molecule has 0 bridgehead atoms. The number of nitrogens with one attached hydrogen (secondary N) is 2. The van der Waals surface area contributed by atoms with Crippen molar-refractivity contribution in [1.29, 1.82) is 0 Å². The Hall–Kier alpha value is -3.46. The Balaban J connectivity index is 1.43. The Morgan fingerprint density at radius 2 is 2.08 bits per heavy atom. The van der Waals surface area contributed by atoms with Crippen LogP contribution in [0.5, 0.6) is 5.75 Å². The first-order valence-electron chi connectivity index (χ1n) is 11.3. The summed E-state index contributed by atoms with van der Waals surface area (Å²) in [5.41, 5.74) is 1.51. The molecule has 0 unspecified atom stereocenters. The topological polar surface area (TPSA) is 158 Å². The first kappa shape index (κ1) is 26.6. The van der Waals surface area contributed by atoms with E-state index in [0.29, 0.717) is 24.1 Å². The van der Waals surface area contributed by atoms with Gasteiger partial charge in [0.25, 0.3) is 0 Å². The van der Waals surface area contributed by atoms with Gasteiger partial charge in [-0.3, -0.25) is 14.5 Å². The molecular weight excluding hydrogens is 512 g/mol. The summed E-state index contributed by atoms with van der Waals surface area (Å²) in [4.78, 5) is 17.2. The van der Waals surface area contributed by atoms with Crippen LogP contribution in [0.2, 0.25) is 0 Å². The van der Waals surface area contributed by atoms with Crippen LogP contribution in [0.3, 0.4) is 0 Å². The lowest BCUT2D eigenvalue weighted by Crippen LogP contribution is -2.32. The summed E-state index contributed by atoms with van der Waals surface area (Å²) < 4.78 is 65.2. The number of anilines is 1. The Morgan fingerprint density at radius 3 is 2.84 bits per heavy atom. The Bertz CT molecular complexity index is 1350. The van der Waals surface area contributed by atoms with Gasteiger partial charge in [0.15, 0.2) is 10.3 Å². The highest BCUT2D eigenvalue weighted by Crippen LogP contribution is 2.30. The molecule has 4 rings (SSSR count). The number of carbonyl (C=O) groups excluding carboxylic acids is 1. The van der Waals surface area contributed by atoms with Crippen molar-refractivity contribution in [2.24, 2.45) is 5.92 Å². The lowest BCUT2D eigenvalue weighted by atomic mass is 10.1. The minimum atomic E-state index is -4.61. The molecule has 198 valence electrons. The molecule has 1 fully saturated rings. The normalized spacial score (nSPS) is 19.8. The second-order valence-electron chi connectivity index (χ2n) is 8.62. The Labute approximate surface area is 211 Å². The highest BCUT2D eigenvalue weighted by atomic mass is 32.2. The maximum atomic E-state index is 13.2. The van der Waals surface area contributed by atoms with Crippen LogP contribution in [0, 0.1) is 5.92 Å². The fraction of sp³-hybridized carbons (Fsp3) is 0.348. The molecule has 1 aliphatic carbocycles. The molecule has 1 aliphatic rings. The van der Waals surface area contributed by atoms with Crippen LogP contribution >= 0.6 is 0 Å². The predicted octanol–water partition coefficient (Wildman–Crippen LogP) is 1.76. The van der Waals surface area contributed by atoms with E-state index in [4.69, 9.17) is 0 Å². The summed E-state index contributed by atoms with van der Waals surface area (Å²) >= 11 is 0. The van der Waals surface area contributed by atoms with Crippen molar-refractivity contribution in [3.63, 3.8) is 0 Å². The highest BCUT2D eigenvalue weighted by Gasteiger charge is 2.33. The summed E-state index contributed by atoms with van der Waals surface area (Å²) in [7, 11) is -4.61. The van der Waals surface area contributed by atoms with Gasteiger partial charge >= 0.3 is 6.61 Å². The summed E-state index contributed by atoms with van der Waals surface area (Å²) in [5.74, 6) is -0.840. The van der Waals surface area contributed by atoms with E-state index >= 15 is 0 Å². The SMILES string of the molecule is O=C(c1ccn(Cc2cccc(OC(F)F)c2)n1)c1cnccc1N[C@@H]1C[C@H](CNS(=O)(=O)[O-])[C@@H](O)C1. The molecule has 11 nitrogen and oxygen atoms in total. The zero-order chi connectivity index (χ0) is 26.6. The van der Waals surface area contributed by atoms with E-state index < -0.39 is 34.7 Å². The third kappa shape index (κ3) is 7.29. The molecule has 1 saturated carbocycles. The second kappa shape index (κ2) is 11.3. The standard InChI is InChI=1S/C23H25F2N5O6S/c24-23(25)36-17-3-1-2-14(8-17)13-30-7-5-20(29-30)22(32)18-12-26-6-4-19(18)28-16-9-15(21(31)10-16)11-27-37(33,34)35/h1-8,12,15-16,21,23,27,31H,9-11,13H2,(H,26,28)(H,33,34,35)/p-1/t15-,16-,21+/m1/s1. The van der Waals surface area contributed by atoms with Gasteiger partial charge < -0.3 is 19.7 Å². The molecule has 37 heavy (non-hydrogen) atoms. The zero-order valence-electron chi connectivity index (χ0n) is 19.3. The van der Waals surface area contributed by atoms with E-state index in [1.807, 2.05) is 4.72 Å². The van der Waals surface area contributed by atoms with Gasteiger partial charge in [0.1, 0.15) is 11.4 Å². The molecule has 1 aromatic carbocycles. The Kier molecular flexibility index (Phi) is 8.12. The first-order valence-corrected chi connectivity index (χ1v) is 12.7. The number of hydrogen-bond acceptors (Lipinski definition) is 9. The number of aromatic nitrogens is 3.